The number of carbonyl (C=O) groups excluding carboxylic acids is 1. The van der Waals surface area contributed by atoms with Crippen LogP contribution >= 0.6 is 0 Å². The van der Waals surface area contributed by atoms with Gasteiger partial charge in [-0.3, -0.25) is 4.79 Å². The molecule has 1 N–H and O–H groups in total. The summed E-state index contributed by atoms with van der Waals surface area (Å²) in [4.78, 5) is 21.2. The Hall–Kier alpha value is -4.21. The van der Waals surface area contributed by atoms with Crippen LogP contribution in [0.4, 0.5) is 17.6 Å². The number of rotatable bonds is 8. The summed E-state index contributed by atoms with van der Waals surface area (Å²) in [5.41, 5.74) is 0.0844. The molecule has 0 spiro atoms. The number of ether oxygens (including phenoxy) is 2. The summed E-state index contributed by atoms with van der Waals surface area (Å²) in [5.74, 6) is -0.852. The fourth-order valence-corrected chi connectivity index (χ4v) is 2.85. The maximum absolute atomic E-state index is 12.7. The predicted octanol–water partition coefficient (Wildman–Crippen LogP) is 3.54. The second-order valence-corrected chi connectivity index (χ2v) is 6.59. The highest BCUT2D eigenvalue weighted by Gasteiger charge is 2.21. The number of nitriles is 1. The molecule has 0 radical (unpaired) electrons. The molecule has 0 bridgehead atoms. The smallest absolute Gasteiger partial charge is 0.387 e. The Labute approximate surface area is 184 Å². The summed E-state index contributed by atoms with van der Waals surface area (Å²) in [7, 11) is 0. The molecule has 2 heterocycles. The molecule has 1 atom stereocenters. The van der Waals surface area contributed by atoms with Gasteiger partial charge in [0.15, 0.2) is 11.6 Å². The Bertz CT molecular complexity index is 1150. The van der Waals surface area contributed by atoms with Crippen LogP contribution in [0.15, 0.2) is 36.5 Å². The number of amides is 1. The number of aromatic nitrogens is 4. The molecule has 0 fully saturated rings. The standard InChI is InChI=1S/C20H16F4N6O3/c1-10(17-28-11(2)29-30(17)16-4-3-12(8-25)9-26-16)27-18(31)13-5-14(32-19(21)22)7-15(6-13)33-20(23)24/h3-7,9-10,19-20H,1-2H3,(H,27,31)/t10-/m0/s1. The van der Waals surface area contributed by atoms with E-state index in [-0.39, 0.29) is 11.4 Å². The number of aryl methyl sites for hydroxylation is 1. The van der Waals surface area contributed by atoms with Crippen molar-refractivity contribution in [2.75, 3.05) is 0 Å². The third-order valence-corrected chi connectivity index (χ3v) is 4.16. The minimum absolute atomic E-state index is 0.255. The zero-order chi connectivity index (χ0) is 24.1. The van der Waals surface area contributed by atoms with Gasteiger partial charge in [0.05, 0.1) is 11.6 Å². The van der Waals surface area contributed by atoms with Gasteiger partial charge in [0, 0.05) is 17.8 Å². The Kier molecular flexibility index (Phi) is 7.07. The van der Waals surface area contributed by atoms with Crippen LogP contribution in [0, 0.1) is 18.3 Å². The van der Waals surface area contributed by atoms with Crippen LogP contribution in [0.25, 0.3) is 5.82 Å². The quantitative estimate of drug-likeness (QED) is 0.507. The monoisotopic (exact) mass is 464 g/mol. The first-order valence-corrected chi connectivity index (χ1v) is 9.32. The van der Waals surface area contributed by atoms with Crippen molar-refractivity contribution in [1.29, 1.82) is 5.26 Å². The van der Waals surface area contributed by atoms with Gasteiger partial charge in [0.25, 0.3) is 5.91 Å². The maximum atomic E-state index is 12.7. The molecule has 1 aromatic carbocycles. The van der Waals surface area contributed by atoms with E-state index in [1.165, 1.54) is 16.9 Å². The highest BCUT2D eigenvalue weighted by Crippen LogP contribution is 2.26. The van der Waals surface area contributed by atoms with Crippen LogP contribution in [-0.4, -0.2) is 38.9 Å². The number of benzene rings is 1. The van der Waals surface area contributed by atoms with Crippen molar-refractivity contribution in [1.82, 2.24) is 25.1 Å². The molecule has 3 aromatic rings. The molecule has 0 aliphatic carbocycles. The number of hydrogen-bond acceptors (Lipinski definition) is 7. The van der Waals surface area contributed by atoms with Crippen molar-refractivity contribution >= 4 is 5.91 Å². The van der Waals surface area contributed by atoms with Gasteiger partial charge < -0.3 is 14.8 Å². The van der Waals surface area contributed by atoms with Crippen molar-refractivity contribution < 1.29 is 31.8 Å². The van der Waals surface area contributed by atoms with Gasteiger partial charge in [-0.1, -0.05) is 0 Å². The average molecular weight is 464 g/mol. The molecule has 9 nitrogen and oxygen atoms in total. The van der Waals surface area contributed by atoms with Gasteiger partial charge in [0.1, 0.15) is 23.4 Å². The first kappa shape index (κ1) is 23.5. The number of halogens is 4. The Morgan fingerprint density at radius 3 is 2.27 bits per heavy atom. The van der Waals surface area contributed by atoms with Crippen molar-refractivity contribution in [3.05, 3.63) is 59.3 Å². The minimum Gasteiger partial charge on any atom is -0.435 e. The highest BCUT2D eigenvalue weighted by molar-refractivity contribution is 5.95. The largest absolute Gasteiger partial charge is 0.435 e. The van der Waals surface area contributed by atoms with E-state index in [0.29, 0.717) is 17.2 Å². The lowest BCUT2D eigenvalue weighted by Gasteiger charge is -2.16. The van der Waals surface area contributed by atoms with Crippen LogP contribution < -0.4 is 14.8 Å². The minimum atomic E-state index is -3.23. The number of hydrogen-bond donors (Lipinski definition) is 1. The lowest BCUT2D eigenvalue weighted by atomic mass is 10.1. The topological polar surface area (TPSA) is 115 Å². The summed E-state index contributed by atoms with van der Waals surface area (Å²) in [6.45, 7) is -3.26. The van der Waals surface area contributed by atoms with Gasteiger partial charge in [-0.15, -0.1) is 5.10 Å². The molecular weight excluding hydrogens is 448 g/mol. The van der Waals surface area contributed by atoms with E-state index in [1.807, 2.05) is 6.07 Å². The molecule has 0 aliphatic heterocycles. The molecule has 0 saturated heterocycles. The number of nitrogens with one attached hydrogen (secondary N) is 1. The molecule has 0 unspecified atom stereocenters. The van der Waals surface area contributed by atoms with E-state index in [4.69, 9.17) is 5.26 Å². The fourth-order valence-electron chi connectivity index (χ4n) is 2.85. The Morgan fingerprint density at radius 2 is 1.76 bits per heavy atom. The molecule has 2 aromatic heterocycles. The van der Waals surface area contributed by atoms with E-state index >= 15 is 0 Å². The zero-order valence-electron chi connectivity index (χ0n) is 17.2. The van der Waals surface area contributed by atoms with E-state index in [1.54, 1.807) is 19.9 Å². The van der Waals surface area contributed by atoms with Gasteiger partial charge in [-0.05, 0) is 38.1 Å². The van der Waals surface area contributed by atoms with Gasteiger partial charge in [-0.2, -0.15) is 27.5 Å². The van der Waals surface area contributed by atoms with Gasteiger partial charge in [0.2, 0.25) is 0 Å². The van der Waals surface area contributed by atoms with Crippen molar-refractivity contribution in [3.8, 4) is 23.4 Å². The van der Waals surface area contributed by atoms with E-state index in [2.05, 4.69) is 29.9 Å². The average Bonchev–Trinajstić information content (AvgIpc) is 3.14. The predicted molar refractivity (Wildman–Crippen MR) is 104 cm³/mol. The Morgan fingerprint density at radius 1 is 1.12 bits per heavy atom. The van der Waals surface area contributed by atoms with Gasteiger partial charge in [-0.25, -0.2) is 9.97 Å². The molecular formula is C20H16F4N6O3. The molecule has 0 aliphatic rings. The summed E-state index contributed by atoms with van der Waals surface area (Å²) >= 11 is 0. The van der Waals surface area contributed by atoms with E-state index < -0.39 is 36.7 Å². The number of carbonyl (C=O) groups is 1. The second-order valence-electron chi connectivity index (χ2n) is 6.59. The molecule has 33 heavy (non-hydrogen) atoms. The summed E-state index contributed by atoms with van der Waals surface area (Å²) < 4.78 is 60.1. The SMILES string of the molecule is Cc1nc([C@H](C)NC(=O)c2cc(OC(F)F)cc(OC(F)F)c2)n(-c2ccc(C#N)cn2)n1. The van der Waals surface area contributed by atoms with Crippen molar-refractivity contribution in [2.45, 2.75) is 33.1 Å². The second kappa shape index (κ2) is 9.94. The number of nitrogens with zero attached hydrogens (tertiary/aromatic N) is 5. The molecule has 3 rings (SSSR count). The molecule has 1 amide bonds. The van der Waals surface area contributed by atoms with Crippen LogP contribution in [0.1, 0.15) is 40.5 Å². The lowest BCUT2D eigenvalue weighted by Crippen LogP contribution is -2.29. The zero-order valence-corrected chi connectivity index (χ0v) is 17.2. The summed E-state index contributed by atoms with van der Waals surface area (Å²) in [5, 5.41) is 15.7. The van der Waals surface area contributed by atoms with Crippen molar-refractivity contribution in [2.24, 2.45) is 0 Å². The van der Waals surface area contributed by atoms with Crippen LogP contribution in [0.5, 0.6) is 11.5 Å². The van der Waals surface area contributed by atoms with Crippen LogP contribution in [0.3, 0.4) is 0 Å². The van der Waals surface area contributed by atoms with E-state index in [9.17, 15) is 22.4 Å². The third-order valence-electron chi connectivity index (χ3n) is 4.16. The fraction of sp³-hybridized carbons (Fsp3) is 0.250. The summed E-state index contributed by atoms with van der Waals surface area (Å²) in [6.07, 6.45) is 1.35. The normalized spacial score (nSPS) is 11.8. The van der Waals surface area contributed by atoms with Gasteiger partial charge >= 0.3 is 13.2 Å². The van der Waals surface area contributed by atoms with E-state index in [0.717, 1.165) is 18.2 Å². The molecule has 13 heteroatoms. The van der Waals surface area contributed by atoms with Crippen molar-refractivity contribution in [3.63, 3.8) is 0 Å². The maximum Gasteiger partial charge on any atom is 0.387 e. The van der Waals surface area contributed by atoms with Crippen LogP contribution in [0.2, 0.25) is 0 Å². The lowest BCUT2D eigenvalue weighted by molar-refractivity contribution is -0.0543. The number of pyridine rings is 1. The molecule has 172 valence electrons. The first-order chi connectivity index (χ1) is 15.7. The number of alkyl halides is 4. The van der Waals surface area contributed by atoms with Crippen LogP contribution in [-0.2, 0) is 0 Å². The summed E-state index contributed by atoms with van der Waals surface area (Å²) in [6, 6.07) is 7.00. The first-order valence-electron chi connectivity index (χ1n) is 9.32. The highest BCUT2D eigenvalue weighted by atomic mass is 19.3. The molecule has 0 saturated carbocycles. The Balaban J connectivity index is 1.87. The third kappa shape index (κ3) is 5.94.